The minimum atomic E-state index is -1.61. The van der Waals surface area contributed by atoms with Crippen molar-refractivity contribution >= 4 is 5.97 Å². The third kappa shape index (κ3) is 5.12. The first kappa shape index (κ1) is 23.8. The Morgan fingerprint density at radius 3 is 2.34 bits per heavy atom. The third-order valence-corrected chi connectivity index (χ3v) is 5.05. The average molecular weight is 450 g/mol. The number of aliphatic hydroxyl groups excluding tert-OH is 4. The zero-order valence-electron chi connectivity index (χ0n) is 17.6. The van der Waals surface area contributed by atoms with Gasteiger partial charge >= 0.3 is 5.97 Å². The van der Waals surface area contributed by atoms with Crippen LogP contribution in [0.25, 0.3) is 0 Å². The molecule has 1 heterocycles. The number of benzene rings is 2. The van der Waals surface area contributed by atoms with Crippen LogP contribution in [0.1, 0.15) is 15.9 Å². The Bertz CT molecular complexity index is 917. The number of aliphatic hydroxyl groups is 4. The zero-order chi connectivity index (χ0) is 23.3. The zero-order valence-corrected chi connectivity index (χ0v) is 17.6. The highest BCUT2D eigenvalue weighted by Gasteiger charge is 2.45. The Morgan fingerprint density at radius 1 is 0.938 bits per heavy atom. The molecule has 0 aromatic heterocycles. The van der Waals surface area contributed by atoms with E-state index in [1.807, 2.05) is 0 Å². The molecule has 10 nitrogen and oxygen atoms in total. The molecular weight excluding hydrogens is 424 g/mol. The van der Waals surface area contributed by atoms with E-state index in [0.29, 0.717) is 17.1 Å². The monoisotopic (exact) mass is 450 g/mol. The summed E-state index contributed by atoms with van der Waals surface area (Å²) in [7, 11) is 2.90. The van der Waals surface area contributed by atoms with Crippen molar-refractivity contribution in [2.75, 3.05) is 20.8 Å². The molecule has 32 heavy (non-hydrogen) atoms. The molecule has 1 aliphatic heterocycles. The van der Waals surface area contributed by atoms with Gasteiger partial charge in [0.15, 0.2) is 11.5 Å². The van der Waals surface area contributed by atoms with Gasteiger partial charge in [0.25, 0.3) is 0 Å². The molecule has 0 unspecified atom stereocenters. The van der Waals surface area contributed by atoms with Gasteiger partial charge in [-0.25, -0.2) is 4.79 Å². The molecule has 4 N–H and O–H groups in total. The molecule has 2 aromatic rings. The summed E-state index contributed by atoms with van der Waals surface area (Å²) in [5, 5.41) is 40.2. The van der Waals surface area contributed by atoms with Crippen LogP contribution in [0.5, 0.6) is 17.2 Å². The predicted molar refractivity (Wildman–Crippen MR) is 110 cm³/mol. The van der Waals surface area contributed by atoms with Crippen LogP contribution in [0.15, 0.2) is 42.5 Å². The van der Waals surface area contributed by atoms with E-state index in [-0.39, 0.29) is 17.9 Å². The Hall–Kier alpha value is -2.89. The van der Waals surface area contributed by atoms with Crippen LogP contribution < -0.4 is 14.2 Å². The van der Waals surface area contributed by atoms with Crippen LogP contribution in [0, 0.1) is 0 Å². The number of ether oxygens (including phenoxy) is 5. The van der Waals surface area contributed by atoms with Gasteiger partial charge in [-0.3, -0.25) is 0 Å². The van der Waals surface area contributed by atoms with Crippen molar-refractivity contribution in [1.82, 2.24) is 0 Å². The first-order valence-electron chi connectivity index (χ1n) is 9.83. The average Bonchev–Trinajstić information content (AvgIpc) is 2.83. The number of hydrogen-bond acceptors (Lipinski definition) is 10. The number of hydrogen-bond donors (Lipinski definition) is 4. The number of carbonyl (C=O) groups is 1. The van der Waals surface area contributed by atoms with Crippen LogP contribution in [-0.4, -0.2) is 77.9 Å². The second-order valence-electron chi connectivity index (χ2n) is 7.07. The van der Waals surface area contributed by atoms with Crippen molar-refractivity contribution < 1.29 is 48.9 Å². The van der Waals surface area contributed by atoms with Gasteiger partial charge in [0.05, 0.1) is 26.4 Å². The number of rotatable bonds is 8. The highest BCUT2D eigenvalue weighted by atomic mass is 16.7. The lowest BCUT2D eigenvalue weighted by Gasteiger charge is -2.40. The SMILES string of the molecule is COc1ccc(C(=O)OC[C@H]2O[C@@H](Oc3ccccc3CO)[C@H](O)[C@@H](O)[C@@H]2O)cc1OC. The molecule has 0 amide bonds. The van der Waals surface area contributed by atoms with Crippen molar-refractivity contribution in [1.29, 1.82) is 0 Å². The van der Waals surface area contributed by atoms with E-state index >= 15 is 0 Å². The van der Waals surface area contributed by atoms with Gasteiger partial charge in [-0.05, 0) is 24.3 Å². The Kier molecular flexibility index (Phi) is 7.89. The van der Waals surface area contributed by atoms with E-state index in [4.69, 9.17) is 23.7 Å². The minimum Gasteiger partial charge on any atom is -0.493 e. The highest BCUT2D eigenvalue weighted by molar-refractivity contribution is 5.90. The number of esters is 1. The van der Waals surface area contributed by atoms with Crippen molar-refractivity contribution in [3.63, 3.8) is 0 Å². The maximum atomic E-state index is 12.4. The molecule has 1 fully saturated rings. The maximum Gasteiger partial charge on any atom is 0.338 e. The van der Waals surface area contributed by atoms with Crippen LogP contribution >= 0.6 is 0 Å². The Labute approximate surface area is 184 Å². The van der Waals surface area contributed by atoms with Crippen molar-refractivity contribution in [3.05, 3.63) is 53.6 Å². The quantitative estimate of drug-likeness (QED) is 0.413. The molecule has 0 spiro atoms. The van der Waals surface area contributed by atoms with Crippen LogP contribution in [-0.2, 0) is 16.1 Å². The van der Waals surface area contributed by atoms with Gasteiger partial charge in [0.1, 0.15) is 36.8 Å². The molecule has 0 aliphatic carbocycles. The highest BCUT2D eigenvalue weighted by Crippen LogP contribution is 2.29. The topological polar surface area (TPSA) is 144 Å². The molecule has 5 atom stereocenters. The number of methoxy groups -OCH3 is 2. The number of carbonyl (C=O) groups excluding carboxylic acids is 1. The summed E-state index contributed by atoms with van der Waals surface area (Å²) in [6.07, 6.45) is -7.26. The molecular formula is C22H26O10. The first-order chi connectivity index (χ1) is 15.4. The molecule has 1 aliphatic rings. The summed E-state index contributed by atoms with van der Waals surface area (Å²) in [5.41, 5.74) is 0.624. The van der Waals surface area contributed by atoms with E-state index in [1.54, 1.807) is 30.3 Å². The van der Waals surface area contributed by atoms with Gasteiger partial charge in [0.2, 0.25) is 6.29 Å². The second kappa shape index (κ2) is 10.6. The smallest absolute Gasteiger partial charge is 0.338 e. The Balaban J connectivity index is 1.68. The summed E-state index contributed by atoms with van der Waals surface area (Å²) in [6, 6.07) is 11.0. The number of para-hydroxylation sites is 1. The minimum absolute atomic E-state index is 0.179. The molecule has 174 valence electrons. The van der Waals surface area contributed by atoms with Crippen molar-refractivity contribution in [2.24, 2.45) is 0 Å². The lowest BCUT2D eigenvalue weighted by Crippen LogP contribution is -2.60. The third-order valence-electron chi connectivity index (χ3n) is 5.05. The van der Waals surface area contributed by atoms with Gasteiger partial charge in [-0.15, -0.1) is 0 Å². The molecule has 0 radical (unpaired) electrons. The van der Waals surface area contributed by atoms with Crippen molar-refractivity contribution in [2.45, 2.75) is 37.3 Å². The molecule has 3 rings (SSSR count). The summed E-state index contributed by atoms with van der Waals surface area (Å²) in [6.45, 7) is -0.726. The molecule has 2 aromatic carbocycles. The molecule has 1 saturated heterocycles. The Morgan fingerprint density at radius 2 is 1.66 bits per heavy atom. The van der Waals surface area contributed by atoms with E-state index < -0.39 is 43.3 Å². The normalized spacial score (nSPS) is 25.1. The van der Waals surface area contributed by atoms with Gasteiger partial charge in [-0.1, -0.05) is 18.2 Å². The predicted octanol–water partition coefficient (Wildman–Crippen LogP) is 0.239. The van der Waals surface area contributed by atoms with Crippen LogP contribution in [0.2, 0.25) is 0 Å². The first-order valence-corrected chi connectivity index (χ1v) is 9.83. The molecule has 0 saturated carbocycles. The van der Waals surface area contributed by atoms with E-state index in [1.165, 1.54) is 26.4 Å². The van der Waals surface area contributed by atoms with E-state index in [2.05, 4.69) is 0 Å². The standard InChI is InChI=1S/C22H26O10/c1-28-15-8-7-12(9-16(15)29-2)21(27)30-11-17-18(24)19(25)20(26)22(32-17)31-14-6-4-3-5-13(14)10-23/h3-9,17-20,22-26H,10-11H2,1-2H3/t17-,18-,19+,20-,22-/m1/s1. The lowest BCUT2D eigenvalue weighted by atomic mass is 9.99. The molecule has 10 heteroatoms. The van der Waals surface area contributed by atoms with Crippen LogP contribution in [0.3, 0.4) is 0 Å². The van der Waals surface area contributed by atoms with Gasteiger partial charge in [-0.2, -0.15) is 0 Å². The summed E-state index contributed by atoms with van der Waals surface area (Å²) in [5.74, 6) is 0.301. The maximum absolute atomic E-state index is 12.4. The lowest BCUT2D eigenvalue weighted by molar-refractivity contribution is -0.277. The van der Waals surface area contributed by atoms with Gasteiger partial charge in [0, 0.05) is 5.56 Å². The fourth-order valence-electron chi connectivity index (χ4n) is 3.23. The fraction of sp³-hybridized carbons (Fsp3) is 0.409. The van der Waals surface area contributed by atoms with Crippen LogP contribution in [0.4, 0.5) is 0 Å². The summed E-state index contributed by atoms with van der Waals surface area (Å²) >= 11 is 0. The fourth-order valence-corrected chi connectivity index (χ4v) is 3.23. The van der Waals surface area contributed by atoms with E-state index in [9.17, 15) is 25.2 Å². The summed E-state index contributed by atoms with van der Waals surface area (Å²) < 4.78 is 26.7. The van der Waals surface area contributed by atoms with Crippen molar-refractivity contribution in [3.8, 4) is 17.2 Å². The largest absolute Gasteiger partial charge is 0.493 e. The van der Waals surface area contributed by atoms with E-state index in [0.717, 1.165) is 0 Å². The molecule has 0 bridgehead atoms. The van der Waals surface area contributed by atoms with Gasteiger partial charge < -0.3 is 44.1 Å². The summed E-state index contributed by atoms with van der Waals surface area (Å²) in [4.78, 5) is 12.4. The second-order valence-corrected chi connectivity index (χ2v) is 7.07.